The van der Waals surface area contributed by atoms with Gasteiger partial charge in [-0.05, 0) is 13.8 Å². The normalized spacial score (nSPS) is 25.7. The van der Waals surface area contributed by atoms with Gasteiger partial charge in [-0.1, -0.05) is 7.43 Å². The van der Waals surface area contributed by atoms with E-state index >= 15 is 0 Å². The summed E-state index contributed by atoms with van der Waals surface area (Å²) in [5.41, 5.74) is 0.204. The molecule has 2 rings (SSSR count). The Bertz CT molecular complexity index is 453. The molecule has 0 aliphatic carbocycles. The average Bonchev–Trinajstić information content (AvgIpc) is 2.49. The van der Waals surface area contributed by atoms with Gasteiger partial charge in [-0.3, -0.25) is 9.69 Å². The van der Waals surface area contributed by atoms with E-state index in [1.165, 1.54) is 0 Å². The van der Waals surface area contributed by atoms with E-state index < -0.39 is 30.3 Å². The van der Waals surface area contributed by atoms with Crippen LogP contribution in [0.25, 0.3) is 0 Å². The van der Waals surface area contributed by atoms with Gasteiger partial charge in [-0.25, -0.2) is 4.58 Å². The number of amides is 1. The van der Waals surface area contributed by atoms with Crippen molar-refractivity contribution in [2.75, 3.05) is 26.2 Å². The number of fused-ring (bicyclic) bond motifs is 1. The highest BCUT2D eigenvalue weighted by Crippen LogP contribution is 2.35. The SMILES string of the molecule is C.CC(C)=[N+]1CCN2C(C1)C(=O)N(CC(F)(F)F)C2(C)C. The Kier molecular flexibility index (Phi) is 4.77. The van der Waals surface area contributed by atoms with Crippen molar-refractivity contribution < 1.29 is 22.5 Å². The molecule has 0 radical (unpaired) electrons. The largest absolute Gasteiger partial charge is 0.406 e. The number of nitrogens with zero attached hydrogens (tertiary/aromatic N) is 3. The van der Waals surface area contributed by atoms with Crippen molar-refractivity contribution in [2.45, 2.75) is 53.0 Å². The first kappa shape index (κ1) is 17.9. The summed E-state index contributed by atoms with van der Waals surface area (Å²) >= 11 is 0. The number of halogens is 3. The van der Waals surface area contributed by atoms with E-state index in [1.807, 2.05) is 18.7 Å². The van der Waals surface area contributed by atoms with Gasteiger partial charge in [-0.2, -0.15) is 13.2 Å². The van der Waals surface area contributed by atoms with Gasteiger partial charge in [0.15, 0.2) is 19.1 Å². The number of hydrogen-bond donors (Lipinski definition) is 0. The third-order valence-electron chi connectivity index (χ3n) is 4.26. The van der Waals surface area contributed by atoms with Crippen LogP contribution in [-0.2, 0) is 4.79 Å². The molecule has 0 aromatic carbocycles. The molecule has 122 valence electrons. The first-order chi connectivity index (χ1) is 9.04. The van der Waals surface area contributed by atoms with Crippen LogP contribution in [0.2, 0.25) is 0 Å². The standard InChI is InChI=1S/C13H21F3N3O.CH4/c1-9(2)17-5-6-18-10(7-17)11(20)19(12(18,3)4)8-13(14,15)16;/h10H,5-8H2,1-4H3;1H4/q+1;. The second-order valence-electron chi connectivity index (χ2n) is 6.14. The molecule has 0 saturated carbocycles. The average molecular weight is 308 g/mol. The van der Waals surface area contributed by atoms with Crippen molar-refractivity contribution in [1.82, 2.24) is 9.80 Å². The number of alkyl halides is 3. The molecule has 7 heteroatoms. The molecule has 1 atom stereocenters. The number of carbonyl (C=O) groups excluding carboxylic acids is 1. The zero-order valence-corrected chi connectivity index (χ0v) is 12.3. The number of rotatable bonds is 1. The second kappa shape index (κ2) is 5.59. The molecule has 2 saturated heterocycles. The second-order valence-corrected chi connectivity index (χ2v) is 6.14. The molecule has 0 bridgehead atoms. The summed E-state index contributed by atoms with van der Waals surface area (Å²) in [5, 5.41) is 0. The summed E-state index contributed by atoms with van der Waals surface area (Å²) in [7, 11) is 0. The van der Waals surface area contributed by atoms with Crippen LogP contribution in [0.15, 0.2) is 0 Å². The molecule has 0 spiro atoms. The summed E-state index contributed by atoms with van der Waals surface area (Å²) in [6.07, 6.45) is -4.37. The molecular weight excluding hydrogens is 283 g/mol. The van der Waals surface area contributed by atoms with Crippen molar-refractivity contribution in [3.8, 4) is 0 Å². The van der Waals surface area contributed by atoms with Gasteiger partial charge in [0, 0.05) is 13.8 Å². The summed E-state index contributed by atoms with van der Waals surface area (Å²) in [6, 6.07) is -0.476. The van der Waals surface area contributed by atoms with E-state index in [-0.39, 0.29) is 7.43 Å². The van der Waals surface area contributed by atoms with Gasteiger partial charge < -0.3 is 4.90 Å². The molecular formula is C14H25F3N3O+. The van der Waals surface area contributed by atoms with Gasteiger partial charge in [-0.15, -0.1) is 0 Å². The quantitative estimate of drug-likeness (QED) is 0.692. The smallest absolute Gasteiger partial charge is 0.314 e. The van der Waals surface area contributed by atoms with Crippen molar-refractivity contribution in [3.05, 3.63) is 0 Å². The van der Waals surface area contributed by atoms with E-state index in [9.17, 15) is 18.0 Å². The van der Waals surface area contributed by atoms with Gasteiger partial charge in [0.05, 0.1) is 12.2 Å². The van der Waals surface area contributed by atoms with Gasteiger partial charge in [0.2, 0.25) is 5.91 Å². The summed E-state index contributed by atoms with van der Waals surface area (Å²) in [5.74, 6) is -0.418. The van der Waals surface area contributed by atoms with E-state index in [1.54, 1.807) is 13.8 Å². The highest BCUT2D eigenvalue weighted by atomic mass is 19.4. The van der Waals surface area contributed by atoms with Crippen molar-refractivity contribution >= 4 is 11.6 Å². The van der Waals surface area contributed by atoms with Crippen LogP contribution in [-0.4, -0.2) is 70.1 Å². The van der Waals surface area contributed by atoms with E-state index in [2.05, 4.69) is 4.58 Å². The monoisotopic (exact) mass is 308 g/mol. The molecule has 2 heterocycles. The molecule has 0 aromatic rings. The third kappa shape index (κ3) is 3.22. The van der Waals surface area contributed by atoms with Crippen LogP contribution in [0, 0.1) is 0 Å². The van der Waals surface area contributed by atoms with Crippen LogP contribution < -0.4 is 0 Å². The molecule has 1 unspecified atom stereocenters. The number of piperazine rings is 1. The first-order valence-corrected chi connectivity index (χ1v) is 6.74. The van der Waals surface area contributed by atoms with Crippen molar-refractivity contribution in [3.63, 3.8) is 0 Å². The lowest BCUT2D eigenvalue weighted by Crippen LogP contribution is -2.56. The minimum absolute atomic E-state index is 0. The third-order valence-corrected chi connectivity index (χ3v) is 4.26. The Hall–Kier alpha value is -1.11. The zero-order valence-electron chi connectivity index (χ0n) is 12.3. The Morgan fingerprint density at radius 1 is 1.38 bits per heavy atom. The van der Waals surface area contributed by atoms with Crippen LogP contribution in [0.3, 0.4) is 0 Å². The molecule has 2 aliphatic rings. The fraction of sp³-hybridized carbons (Fsp3) is 0.857. The van der Waals surface area contributed by atoms with Gasteiger partial charge in [0.1, 0.15) is 12.3 Å². The lowest BCUT2D eigenvalue weighted by molar-refractivity contribution is -0.546. The van der Waals surface area contributed by atoms with Crippen LogP contribution >= 0.6 is 0 Å². The summed E-state index contributed by atoms with van der Waals surface area (Å²) in [4.78, 5) is 15.2. The molecule has 0 aromatic heterocycles. The fourth-order valence-electron chi connectivity index (χ4n) is 3.11. The maximum Gasteiger partial charge on any atom is 0.406 e. The first-order valence-electron chi connectivity index (χ1n) is 6.74. The van der Waals surface area contributed by atoms with Crippen molar-refractivity contribution in [1.29, 1.82) is 0 Å². The molecule has 2 aliphatic heterocycles. The molecule has 0 N–H and O–H groups in total. The predicted molar refractivity (Wildman–Crippen MR) is 75.4 cm³/mol. The summed E-state index contributed by atoms with van der Waals surface area (Å²) in [6.45, 7) is 7.92. The maximum atomic E-state index is 12.7. The van der Waals surface area contributed by atoms with Crippen LogP contribution in [0.5, 0.6) is 0 Å². The Morgan fingerprint density at radius 3 is 2.43 bits per heavy atom. The van der Waals surface area contributed by atoms with E-state index in [4.69, 9.17) is 0 Å². The highest BCUT2D eigenvalue weighted by molar-refractivity contribution is 5.85. The van der Waals surface area contributed by atoms with Gasteiger partial charge in [0.25, 0.3) is 0 Å². The van der Waals surface area contributed by atoms with Crippen LogP contribution in [0.4, 0.5) is 13.2 Å². The van der Waals surface area contributed by atoms with Gasteiger partial charge >= 0.3 is 6.18 Å². The minimum atomic E-state index is -4.37. The lowest BCUT2D eigenvalue weighted by atomic mass is 10.1. The van der Waals surface area contributed by atoms with Crippen LogP contribution in [0.1, 0.15) is 35.1 Å². The molecule has 1 amide bonds. The van der Waals surface area contributed by atoms with E-state index in [0.717, 1.165) is 17.2 Å². The van der Waals surface area contributed by atoms with Crippen molar-refractivity contribution in [2.24, 2.45) is 0 Å². The number of hydrogen-bond acceptors (Lipinski definition) is 2. The molecule has 21 heavy (non-hydrogen) atoms. The topological polar surface area (TPSA) is 26.6 Å². The fourth-order valence-corrected chi connectivity index (χ4v) is 3.11. The maximum absolute atomic E-state index is 12.7. The Balaban J connectivity index is 0.00000220. The zero-order chi connectivity index (χ0) is 15.3. The predicted octanol–water partition coefficient (Wildman–Crippen LogP) is 1.94. The Labute approximate surface area is 124 Å². The highest BCUT2D eigenvalue weighted by Gasteiger charge is 2.56. The summed E-state index contributed by atoms with van der Waals surface area (Å²) < 4.78 is 40.1. The number of carbonyl (C=O) groups is 1. The molecule has 4 nitrogen and oxygen atoms in total. The lowest BCUT2D eigenvalue weighted by Gasteiger charge is -2.39. The minimum Gasteiger partial charge on any atom is -0.314 e. The Morgan fingerprint density at radius 2 is 1.95 bits per heavy atom. The van der Waals surface area contributed by atoms with E-state index in [0.29, 0.717) is 13.1 Å². The molecule has 2 fully saturated rings.